The molecule has 16 nitrogen and oxygen atoms in total. The van der Waals surface area contributed by atoms with E-state index in [9.17, 15) is 30.3 Å². The van der Waals surface area contributed by atoms with E-state index in [1.54, 1.807) is 20.8 Å². The summed E-state index contributed by atoms with van der Waals surface area (Å²) < 4.78 is 16.2. The fourth-order valence-electron chi connectivity index (χ4n) is 3.66. The van der Waals surface area contributed by atoms with Gasteiger partial charge in [-0.3, -0.25) is 0 Å². The number of aliphatic hydroxyl groups excluding tert-OH is 5. The Labute approximate surface area is 188 Å². The molecule has 2 rings (SSSR count). The first-order valence-electron chi connectivity index (χ1n) is 10.2. The number of carbonyl (C=O) groups is 1. The summed E-state index contributed by atoms with van der Waals surface area (Å²) in [4.78, 5) is 17.4. The first-order valence-corrected chi connectivity index (χ1v) is 10.2. The van der Waals surface area contributed by atoms with Crippen molar-refractivity contribution >= 4 is 6.09 Å². The van der Waals surface area contributed by atoms with Gasteiger partial charge < -0.3 is 45.1 Å². The van der Waals surface area contributed by atoms with E-state index in [4.69, 9.17) is 25.3 Å². The standard InChI is InChI=1S/C17H29N7O9/c1-17(2,3)33-16(30)20-6-4-7(21-23-18)14(13(29)10(6)26)32-15-9(22-24-19)12(28)11(27)8(5-25)31-15/h6-15,25-29H,4-5H2,1-3H3,(H,20,30)/t6-,7+,8-,9-,10+,11-,12-,13-,14-,15-/m1/s1. The molecule has 0 unspecified atom stereocenters. The predicted octanol–water partition coefficient (Wildman–Crippen LogP) is -0.813. The molecule has 0 aromatic heterocycles. The van der Waals surface area contributed by atoms with E-state index in [-0.39, 0.29) is 6.42 Å². The van der Waals surface area contributed by atoms with Crippen molar-refractivity contribution in [1.82, 2.24) is 5.32 Å². The Balaban J connectivity index is 2.24. The molecule has 16 heteroatoms. The van der Waals surface area contributed by atoms with Gasteiger partial charge in [-0.05, 0) is 38.3 Å². The van der Waals surface area contributed by atoms with Crippen LogP contribution in [0.25, 0.3) is 20.9 Å². The summed E-state index contributed by atoms with van der Waals surface area (Å²) in [5.74, 6) is 0. The van der Waals surface area contributed by atoms with Crippen LogP contribution < -0.4 is 5.32 Å². The summed E-state index contributed by atoms with van der Waals surface area (Å²) in [7, 11) is 0. The number of nitrogens with zero attached hydrogens (tertiary/aromatic N) is 6. The zero-order valence-corrected chi connectivity index (χ0v) is 18.2. The van der Waals surface area contributed by atoms with Crippen molar-refractivity contribution in [2.75, 3.05) is 6.61 Å². The number of ether oxygens (including phenoxy) is 3. The average molecular weight is 475 g/mol. The summed E-state index contributed by atoms with van der Waals surface area (Å²) in [5.41, 5.74) is 16.9. The van der Waals surface area contributed by atoms with Crippen LogP contribution in [0, 0.1) is 0 Å². The van der Waals surface area contributed by atoms with Crippen LogP contribution in [-0.2, 0) is 14.2 Å². The summed E-state index contributed by atoms with van der Waals surface area (Å²) in [6.07, 6.45) is -11.9. The molecule has 1 aliphatic heterocycles. The van der Waals surface area contributed by atoms with Gasteiger partial charge in [0.05, 0.1) is 30.9 Å². The zero-order chi connectivity index (χ0) is 24.9. The number of hydrogen-bond acceptors (Lipinski definition) is 11. The van der Waals surface area contributed by atoms with Crippen LogP contribution in [0.4, 0.5) is 4.79 Å². The summed E-state index contributed by atoms with van der Waals surface area (Å²) in [6, 6.07) is -3.69. The lowest BCUT2D eigenvalue weighted by molar-refractivity contribution is -0.294. The minimum atomic E-state index is -1.72. The van der Waals surface area contributed by atoms with Crippen molar-refractivity contribution in [3.63, 3.8) is 0 Å². The third-order valence-electron chi connectivity index (χ3n) is 5.20. The SMILES string of the molecule is CC(C)(C)OC(=O)N[C@@H]1C[C@H](N=[N+]=[N-])[C@@H](O[C@H]2O[C@H](CO)[C@@H](O)[C@H](O)[C@H]2N=[N+]=[N-])[C@H](O)[C@H]1O. The lowest BCUT2D eigenvalue weighted by atomic mass is 9.84. The summed E-state index contributed by atoms with van der Waals surface area (Å²) in [6.45, 7) is 4.21. The quantitative estimate of drug-likeness (QED) is 0.159. The first kappa shape index (κ1) is 26.9. The molecule has 1 aliphatic carbocycles. The van der Waals surface area contributed by atoms with Crippen molar-refractivity contribution in [3.05, 3.63) is 20.9 Å². The second-order valence-electron chi connectivity index (χ2n) is 8.74. The van der Waals surface area contributed by atoms with Gasteiger partial charge in [0.25, 0.3) is 0 Å². The largest absolute Gasteiger partial charge is 0.444 e. The van der Waals surface area contributed by atoms with Crippen LogP contribution in [0.3, 0.4) is 0 Å². The molecule has 186 valence electrons. The molecule has 1 saturated carbocycles. The van der Waals surface area contributed by atoms with E-state index in [2.05, 4.69) is 25.4 Å². The van der Waals surface area contributed by atoms with Gasteiger partial charge in [0.1, 0.15) is 36.1 Å². The first-order chi connectivity index (χ1) is 15.4. The minimum Gasteiger partial charge on any atom is -0.444 e. The second kappa shape index (κ2) is 11.2. The summed E-state index contributed by atoms with van der Waals surface area (Å²) >= 11 is 0. The molecule has 33 heavy (non-hydrogen) atoms. The van der Waals surface area contributed by atoms with E-state index in [0.29, 0.717) is 0 Å². The highest BCUT2D eigenvalue weighted by Gasteiger charge is 2.50. The molecule has 1 saturated heterocycles. The van der Waals surface area contributed by atoms with Gasteiger partial charge in [0.15, 0.2) is 6.29 Å². The number of rotatable bonds is 6. The van der Waals surface area contributed by atoms with Crippen molar-refractivity contribution in [3.8, 4) is 0 Å². The Bertz CT molecular complexity index is 783. The lowest BCUT2D eigenvalue weighted by Crippen LogP contribution is -2.64. The molecular weight excluding hydrogens is 446 g/mol. The number of carbonyl (C=O) groups excluding carboxylic acids is 1. The number of azide groups is 2. The molecule has 6 N–H and O–H groups in total. The average Bonchev–Trinajstić information content (AvgIpc) is 2.72. The van der Waals surface area contributed by atoms with Gasteiger partial charge in [-0.15, -0.1) is 0 Å². The van der Waals surface area contributed by atoms with E-state index in [1.807, 2.05) is 0 Å². The lowest BCUT2D eigenvalue weighted by Gasteiger charge is -2.45. The van der Waals surface area contributed by atoms with Crippen molar-refractivity contribution in [1.29, 1.82) is 0 Å². The van der Waals surface area contributed by atoms with E-state index < -0.39 is 79.3 Å². The highest BCUT2D eigenvalue weighted by molar-refractivity contribution is 5.68. The molecule has 2 aliphatic rings. The predicted molar refractivity (Wildman–Crippen MR) is 108 cm³/mol. The van der Waals surface area contributed by atoms with Crippen LogP contribution in [0.1, 0.15) is 27.2 Å². The van der Waals surface area contributed by atoms with E-state index >= 15 is 0 Å². The zero-order valence-electron chi connectivity index (χ0n) is 18.2. The summed E-state index contributed by atoms with van der Waals surface area (Å²) in [5, 5.41) is 60.2. The van der Waals surface area contributed by atoms with Gasteiger partial charge >= 0.3 is 6.09 Å². The number of hydrogen-bond donors (Lipinski definition) is 6. The maximum Gasteiger partial charge on any atom is 0.407 e. The van der Waals surface area contributed by atoms with E-state index in [1.165, 1.54) is 0 Å². The van der Waals surface area contributed by atoms with Crippen LogP contribution in [0.15, 0.2) is 10.2 Å². The Morgan fingerprint density at radius 1 is 1.09 bits per heavy atom. The Kier molecular flexibility index (Phi) is 9.08. The third kappa shape index (κ3) is 6.57. The fourth-order valence-corrected chi connectivity index (χ4v) is 3.66. The number of nitrogens with one attached hydrogen (secondary N) is 1. The Morgan fingerprint density at radius 2 is 1.73 bits per heavy atom. The van der Waals surface area contributed by atoms with Crippen molar-refractivity contribution in [2.45, 2.75) is 93.8 Å². The molecule has 0 radical (unpaired) electrons. The highest BCUT2D eigenvalue weighted by Crippen LogP contribution is 2.31. The maximum absolute atomic E-state index is 12.1. The van der Waals surface area contributed by atoms with Crippen LogP contribution in [0.5, 0.6) is 0 Å². The van der Waals surface area contributed by atoms with Gasteiger partial charge in [-0.2, -0.15) is 0 Å². The number of amides is 1. The van der Waals surface area contributed by atoms with Crippen molar-refractivity contribution in [2.24, 2.45) is 10.2 Å². The molecule has 0 aromatic rings. The smallest absolute Gasteiger partial charge is 0.407 e. The molecule has 1 heterocycles. The highest BCUT2D eigenvalue weighted by atomic mass is 16.7. The molecule has 2 fully saturated rings. The maximum atomic E-state index is 12.1. The van der Waals surface area contributed by atoms with E-state index in [0.717, 1.165) is 0 Å². The molecular formula is C17H29N7O9. The van der Waals surface area contributed by atoms with Crippen LogP contribution in [-0.4, -0.2) is 105 Å². The normalized spacial score (nSPS) is 39.0. The van der Waals surface area contributed by atoms with Crippen molar-refractivity contribution < 1.29 is 44.5 Å². The van der Waals surface area contributed by atoms with Crippen LogP contribution >= 0.6 is 0 Å². The Morgan fingerprint density at radius 3 is 2.27 bits per heavy atom. The topological polar surface area (TPSA) is 255 Å². The number of aliphatic hydroxyl groups is 5. The van der Waals surface area contributed by atoms with Gasteiger partial charge in [-0.25, -0.2) is 4.79 Å². The molecule has 10 atom stereocenters. The van der Waals surface area contributed by atoms with Gasteiger partial charge in [0.2, 0.25) is 0 Å². The fraction of sp³-hybridized carbons (Fsp3) is 0.941. The van der Waals surface area contributed by atoms with Gasteiger partial charge in [0, 0.05) is 9.82 Å². The molecule has 0 spiro atoms. The van der Waals surface area contributed by atoms with Crippen LogP contribution in [0.2, 0.25) is 0 Å². The molecule has 1 amide bonds. The third-order valence-corrected chi connectivity index (χ3v) is 5.20. The number of alkyl carbamates (subject to hydrolysis) is 1. The Hall–Kier alpha value is -2.39. The molecule has 0 aromatic carbocycles. The second-order valence-corrected chi connectivity index (χ2v) is 8.74. The monoisotopic (exact) mass is 475 g/mol. The van der Waals surface area contributed by atoms with Gasteiger partial charge in [-0.1, -0.05) is 10.2 Å². The molecule has 0 bridgehead atoms. The minimum absolute atomic E-state index is 0.167.